The van der Waals surface area contributed by atoms with Crippen molar-refractivity contribution in [3.05, 3.63) is 29.8 Å². The first kappa shape index (κ1) is 20.3. The number of hydrogen-bond donors (Lipinski definition) is 2. The van der Waals surface area contributed by atoms with Crippen LogP contribution in [-0.4, -0.2) is 39.6 Å². The average Bonchev–Trinajstić information content (AvgIpc) is 3.19. The van der Waals surface area contributed by atoms with Gasteiger partial charge in [-0.3, -0.25) is 4.79 Å². The minimum Gasteiger partial charge on any atom is -0.376 e. The third kappa shape index (κ3) is 6.30. The molecule has 0 unspecified atom stereocenters. The summed E-state index contributed by atoms with van der Waals surface area (Å²) >= 11 is 0. The molecule has 0 aromatic heterocycles. The van der Waals surface area contributed by atoms with Gasteiger partial charge in [-0.1, -0.05) is 31.4 Å². The van der Waals surface area contributed by atoms with Crippen LogP contribution in [0.3, 0.4) is 0 Å². The predicted octanol–water partition coefficient (Wildman–Crippen LogP) is 2.53. The average molecular weight is 395 g/mol. The van der Waals surface area contributed by atoms with Crippen molar-refractivity contribution < 1.29 is 17.9 Å². The summed E-state index contributed by atoms with van der Waals surface area (Å²) in [7, 11) is -3.47. The molecule has 0 radical (unpaired) electrons. The van der Waals surface area contributed by atoms with E-state index in [1.807, 2.05) is 0 Å². The number of sulfonamides is 1. The Labute approximate surface area is 162 Å². The van der Waals surface area contributed by atoms with Crippen molar-refractivity contribution in [2.75, 3.05) is 13.2 Å². The number of carbonyl (C=O) groups excluding carboxylic acids is 1. The number of amides is 1. The maximum Gasteiger partial charge on any atom is 0.240 e. The lowest BCUT2D eigenvalue weighted by atomic mass is 9.96. The van der Waals surface area contributed by atoms with Crippen molar-refractivity contribution in [3.8, 4) is 0 Å². The van der Waals surface area contributed by atoms with E-state index < -0.39 is 10.0 Å². The first-order valence-electron chi connectivity index (χ1n) is 10.0. The van der Waals surface area contributed by atoms with Crippen LogP contribution >= 0.6 is 0 Å². The van der Waals surface area contributed by atoms with Crippen molar-refractivity contribution in [2.45, 2.75) is 74.8 Å². The van der Waals surface area contributed by atoms with Gasteiger partial charge in [0.05, 0.1) is 11.0 Å². The van der Waals surface area contributed by atoms with Gasteiger partial charge in [-0.15, -0.1) is 0 Å². The highest BCUT2D eigenvalue weighted by Gasteiger charge is 2.21. The number of ether oxygens (including phenoxy) is 1. The first-order valence-corrected chi connectivity index (χ1v) is 11.5. The van der Waals surface area contributed by atoms with E-state index in [2.05, 4.69) is 10.0 Å². The Hall–Kier alpha value is -1.44. The molecule has 1 saturated carbocycles. The maximum atomic E-state index is 12.5. The molecule has 2 N–H and O–H groups in total. The third-order valence-electron chi connectivity index (χ3n) is 5.35. The van der Waals surface area contributed by atoms with Crippen molar-refractivity contribution >= 4 is 15.9 Å². The second kappa shape index (κ2) is 9.66. The van der Waals surface area contributed by atoms with Gasteiger partial charge in [0, 0.05) is 25.6 Å². The summed E-state index contributed by atoms with van der Waals surface area (Å²) < 4.78 is 33.3. The molecule has 150 valence electrons. The quantitative estimate of drug-likeness (QED) is 0.710. The molecular formula is C20H30N2O4S. The van der Waals surface area contributed by atoms with E-state index in [-0.39, 0.29) is 18.1 Å². The topological polar surface area (TPSA) is 84.5 Å². The molecule has 1 heterocycles. The van der Waals surface area contributed by atoms with Gasteiger partial charge in [-0.05, 0) is 49.8 Å². The summed E-state index contributed by atoms with van der Waals surface area (Å²) in [6, 6.07) is 6.90. The summed E-state index contributed by atoms with van der Waals surface area (Å²) in [6.07, 6.45) is 8.38. The number of benzene rings is 1. The molecular weight excluding hydrogens is 364 g/mol. The molecule has 2 fully saturated rings. The standard InChI is InChI=1S/C20H30N2O4S/c23-20(21-15-18-7-4-14-26-18)13-10-16-8-11-19(12-9-16)27(24,25)22-17-5-2-1-3-6-17/h8-9,11-12,17-18,22H,1-7,10,13-15H2,(H,21,23)/t18-/m1/s1. The first-order chi connectivity index (χ1) is 13.0. The van der Waals surface area contributed by atoms with Crippen LogP contribution < -0.4 is 10.0 Å². The zero-order chi connectivity index (χ0) is 19.1. The van der Waals surface area contributed by atoms with Gasteiger partial charge in [0.25, 0.3) is 0 Å². The highest BCUT2D eigenvalue weighted by molar-refractivity contribution is 7.89. The van der Waals surface area contributed by atoms with Crippen LogP contribution in [0.25, 0.3) is 0 Å². The third-order valence-corrected chi connectivity index (χ3v) is 6.89. The van der Waals surface area contributed by atoms with E-state index in [1.165, 1.54) is 6.42 Å². The lowest BCUT2D eigenvalue weighted by Crippen LogP contribution is -2.36. The zero-order valence-corrected chi connectivity index (χ0v) is 16.6. The molecule has 1 saturated heterocycles. The molecule has 0 bridgehead atoms. The second-order valence-electron chi connectivity index (χ2n) is 7.54. The van der Waals surface area contributed by atoms with E-state index >= 15 is 0 Å². The van der Waals surface area contributed by atoms with E-state index in [1.54, 1.807) is 24.3 Å². The molecule has 0 spiro atoms. The summed E-state index contributed by atoms with van der Waals surface area (Å²) in [5.41, 5.74) is 0.957. The molecule has 1 aromatic carbocycles. The minimum atomic E-state index is -3.47. The molecule has 7 heteroatoms. The maximum absolute atomic E-state index is 12.5. The Morgan fingerprint density at radius 3 is 2.44 bits per heavy atom. The van der Waals surface area contributed by atoms with Crippen molar-refractivity contribution in [1.82, 2.24) is 10.0 Å². The van der Waals surface area contributed by atoms with E-state index in [4.69, 9.17) is 4.74 Å². The van der Waals surface area contributed by atoms with Crippen molar-refractivity contribution in [1.29, 1.82) is 0 Å². The Kier molecular flexibility index (Phi) is 7.26. The van der Waals surface area contributed by atoms with Gasteiger partial charge in [0.1, 0.15) is 0 Å². The smallest absolute Gasteiger partial charge is 0.240 e. The summed E-state index contributed by atoms with van der Waals surface area (Å²) in [5.74, 6) is 0.00108. The fourth-order valence-electron chi connectivity index (χ4n) is 3.72. The Balaban J connectivity index is 1.45. The van der Waals surface area contributed by atoms with Crippen LogP contribution in [0.5, 0.6) is 0 Å². The summed E-state index contributed by atoms with van der Waals surface area (Å²) in [4.78, 5) is 12.2. The van der Waals surface area contributed by atoms with Crippen molar-refractivity contribution in [3.63, 3.8) is 0 Å². The number of hydrogen-bond acceptors (Lipinski definition) is 4. The van der Waals surface area contributed by atoms with Gasteiger partial charge in [0.15, 0.2) is 0 Å². The number of rotatable bonds is 8. The van der Waals surface area contributed by atoms with E-state index in [9.17, 15) is 13.2 Å². The number of nitrogens with one attached hydrogen (secondary N) is 2. The molecule has 3 rings (SSSR count). The Bertz CT molecular complexity index is 706. The highest BCUT2D eigenvalue weighted by atomic mass is 32.2. The SMILES string of the molecule is O=C(CCc1ccc(S(=O)(=O)NC2CCCCC2)cc1)NC[C@H]1CCCO1. The molecule has 1 amide bonds. The molecule has 6 nitrogen and oxygen atoms in total. The molecule has 27 heavy (non-hydrogen) atoms. The van der Waals surface area contributed by atoms with Gasteiger partial charge >= 0.3 is 0 Å². The summed E-state index contributed by atoms with van der Waals surface area (Å²) in [5, 5.41) is 2.91. The predicted molar refractivity (Wildman–Crippen MR) is 104 cm³/mol. The monoisotopic (exact) mass is 394 g/mol. The van der Waals surface area contributed by atoms with Gasteiger partial charge in [-0.25, -0.2) is 13.1 Å². The zero-order valence-electron chi connectivity index (χ0n) is 15.8. The molecule has 1 atom stereocenters. The molecule has 1 aliphatic heterocycles. The Morgan fingerprint density at radius 1 is 1.04 bits per heavy atom. The van der Waals surface area contributed by atoms with E-state index in [0.29, 0.717) is 24.3 Å². The highest BCUT2D eigenvalue weighted by Crippen LogP contribution is 2.20. The van der Waals surface area contributed by atoms with Gasteiger partial charge in [-0.2, -0.15) is 0 Å². The molecule has 2 aliphatic rings. The van der Waals surface area contributed by atoms with Gasteiger partial charge < -0.3 is 10.1 Å². The largest absolute Gasteiger partial charge is 0.376 e. The van der Waals surface area contributed by atoms with E-state index in [0.717, 1.165) is 50.7 Å². The van der Waals surface area contributed by atoms with Crippen LogP contribution in [0.4, 0.5) is 0 Å². The normalized spacial score (nSPS) is 21.3. The second-order valence-corrected chi connectivity index (χ2v) is 9.25. The lowest BCUT2D eigenvalue weighted by molar-refractivity contribution is -0.121. The minimum absolute atomic E-state index is 0.00108. The molecule has 1 aliphatic carbocycles. The Morgan fingerprint density at radius 2 is 1.78 bits per heavy atom. The number of carbonyl (C=O) groups is 1. The number of aryl methyl sites for hydroxylation is 1. The van der Waals surface area contributed by atoms with Crippen LogP contribution in [-0.2, 0) is 26.0 Å². The summed E-state index contributed by atoms with van der Waals surface area (Å²) in [6.45, 7) is 1.36. The van der Waals surface area contributed by atoms with Crippen LogP contribution in [0, 0.1) is 0 Å². The fraction of sp³-hybridized carbons (Fsp3) is 0.650. The van der Waals surface area contributed by atoms with Crippen LogP contribution in [0.15, 0.2) is 29.2 Å². The van der Waals surface area contributed by atoms with Gasteiger partial charge in [0.2, 0.25) is 15.9 Å². The lowest BCUT2D eigenvalue weighted by Gasteiger charge is -2.22. The van der Waals surface area contributed by atoms with Crippen LogP contribution in [0.2, 0.25) is 0 Å². The molecule has 1 aromatic rings. The van der Waals surface area contributed by atoms with Crippen molar-refractivity contribution in [2.24, 2.45) is 0 Å². The van der Waals surface area contributed by atoms with Crippen LogP contribution in [0.1, 0.15) is 56.9 Å². The fourth-order valence-corrected chi connectivity index (χ4v) is 5.03.